The van der Waals surface area contributed by atoms with Crippen LogP contribution in [0, 0.1) is 0 Å². The molecule has 25 heavy (non-hydrogen) atoms. The quantitative estimate of drug-likeness (QED) is 0.579. The van der Waals surface area contributed by atoms with Crippen LogP contribution in [0.25, 0.3) is 10.7 Å². The molecule has 1 aliphatic carbocycles. The van der Waals surface area contributed by atoms with Crippen LogP contribution in [0.5, 0.6) is 0 Å². The van der Waals surface area contributed by atoms with Crippen molar-refractivity contribution in [2.24, 2.45) is 0 Å². The van der Waals surface area contributed by atoms with E-state index in [4.69, 9.17) is 4.52 Å². The van der Waals surface area contributed by atoms with Crippen LogP contribution in [-0.2, 0) is 12.3 Å². The first-order valence-corrected chi connectivity index (χ1v) is 10.6. The maximum absolute atomic E-state index is 5.37. The van der Waals surface area contributed by atoms with Crippen molar-refractivity contribution in [3.8, 4) is 10.7 Å². The van der Waals surface area contributed by atoms with E-state index in [1.54, 1.807) is 23.1 Å². The number of thiophene rings is 1. The molecule has 1 saturated carbocycles. The molecule has 4 rings (SSSR count). The van der Waals surface area contributed by atoms with E-state index >= 15 is 0 Å². The number of nitrogens with zero attached hydrogens (tertiary/aromatic N) is 5. The molecule has 0 aromatic carbocycles. The fourth-order valence-corrected chi connectivity index (χ4v) is 4.81. The third-order valence-electron chi connectivity index (χ3n) is 4.57. The average Bonchev–Trinajstić information content (AvgIpc) is 3.39. The van der Waals surface area contributed by atoms with Crippen molar-refractivity contribution in [3.05, 3.63) is 29.2 Å². The summed E-state index contributed by atoms with van der Waals surface area (Å²) in [7, 11) is 0. The Balaban J connectivity index is 1.45. The van der Waals surface area contributed by atoms with Crippen molar-refractivity contribution in [3.63, 3.8) is 0 Å². The fourth-order valence-electron chi connectivity index (χ4n) is 3.31. The largest absolute Gasteiger partial charge is 0.338 e. The van der Waals surface area contributed by atoms with Gasteiger partial charge in [-0.2, -0.15) is 4.98 Å². The minimum Gasteiger partial charge on any atom is -0.338 e. The summed E-state index contributed by atoms with van der Waals surface area (Å²) in [6, 6.07) is 3.98. The molecule has 6 nitrogen and oxygen atoms in total. The maximum Gasteiger partial charge on any atom is 0.237 e. The molecule has 0 aliphatic heterocycles. The molecule has 0 amide bonds. The normalized spacial score (nSPS) is 15.7. The van der Waals surface area contributed by atoms with Crippen LogP contribution < -0.4 is 0 Å². The van der Waals surface area contributed by atoms with E-state index in [1.807, 2.05) is 17.5 Å². The summed E-state index contributed by atoms with van der Waals surface area (Å²) in [5, 5.41) is 15.9. The first-order chi connectivity index (χ1) is 12.3. The summed E-state index contributed by atoms with van der Waals surface area (Å²) in [6.45, 7) is 3.05. The molecular formula is C17H21N5OS2. The minimum absolute atomic E-state index is 0.560. The van der Waals surface area contributed by atoms with Gasteiger partial charge in [-0.3, -0.25) is 0 Å². The van der Waals surface area contributed by atoms with Gasteiger partial charge >= 0.3 is 0 Å². The first-order valence-electron chi connectivity index (χ1n) is 8.77. The van der Waals surface area contributed by atoms with Crippen LogP contribution in [-0.4, -0.2) is 24.9 Å². The van der Waals surface area contributed by atoms with Gasteiger partial charge in [-0.25, -0.2) is 0 Å². The van der Waals surface area contributed by atoms with E-state index in [1.165, 1.54) is 32.1 Å². The molecule has 3 heterocycles. The highest BCUT2D eigenvalue weighted by Gasteiger charge is 2.23. The van der Waals surface area contributed by atoms with E-state index in [9.17, 15) is 0 Å². The number of hydrogen-bond acceptors (Lipinski definition) is 7. The van der Waals surface area contributed by atoms with Crippen LogP contribution >= 0.6 is 23.1 Å². The summed E-state index contributed by atoms with van der Waals surface area (Å²) >= 11 is 3.23. The van der Waals surface area contributed by atoms with Gasteiger partial charge in [0.05, 0.1) is 10.6 Å². The van der Waals surface area contributed by atoms with Gasteiger partial charge in [0.25, 0.3) is 0 Å². The molecule has 3 aromatic heterocycles. The minimum atomic E-state index is 0.560. The molecule has 0 radical (unpaired) electrons. The van der Waals surface area contributed by atoms with Crippen molar-refractivity contribution in [1.82, 2.24) is 24.9 Å². The van der Waals surface area contributed by atoms with Crippen LogP contribution in [0.1, 0.15) is 56.7 Å². The number of thioether (sulfide) groups is 1. The molecule has 1 fully saturated rings. The number of hydrogen-bond donors (Lipinski definition) is 0. The Bertz CT molecular complexity index is 805. The third kappa shape index (κ3) is 3.64. The van der Waals surface area contributed by atoms with Crippen molar-refractivity contribution in [2.75, 3.05) is 0 Å². The lowest BCUT2D eigenvalue weighted by Crippen LogP contribution is -2.12. The lowest BCUT2D eigenvalue weighted by atomic mass is 9.89. The Kier molecular flexibility index (Phi) is 5.17. The zero-order valence-electron chi connectivity index (χ0n) is 14.2. The second kappa shape index (κ2) is 7.70. The molecule has 0 N–H and O–H groups in total. The molecule has 8 heteroatoms. The predicted octanol–water partition coefficient (Wildman–Crippen LogP) is 4.75. The molecule has 3 aromatic rings. The summed E-state index contributed by atoms with van der Waals surface area (Å²) in [5.41, 5.74) is 0. The monoisotopic (exact) mass is 375 g/mol. The van der Waals surface area contributed by atoms with Gasteiger partial charge in [0.1, 0.15) is 5.82 Å². The molecule has 1 aliphatic rings. The molecule has 0 saturated heterocycles. The highest BCUT2D eigenvalue weighted by atomic mass is 32.2. The maximum atomic E-state index is 5.37. The second-order valence-electron chi connectivity index (χ2n) is 6.20. The third-order valence-corrected chi connectivity index (χ3v) is 6.38. The Morgan fingerprint density at radius 1 is 1.28 bits per heavy atom. The zero-order chi connectivity index (χ0) is 17.1. The SMILES string of the molecule is CCn1c(SCc2nc(-c3cccs3)no2)nnc1C1CCCCC1. The van der Waals surface area contributed by atoms with Gasteiger partial charge in [-0.1, -0.05) is 42.2 Å². The highest BCUT2D eigenvalue weighted by molar-refractivity contribution is 7.98. The summed E-state index contributed by atoms with van der Waals surface area (Å²) in [5.74, 6) is 3.60. The molecule has 132 valence electrons. The van der Waals surface area contributed by atoms with E-state index in [0.717, 1.165) is 22.4 Å². The highest BCUT2D eigenvalue weighted by Crippen LogP contribution is 2.33. The number of rotatable bonds is 6. The lowest BCUT2D eigenvalue weighted by Gasteiger charge is -2.21. The second-order valence-corrected chi connectivity index (χ2v) is 8.09. The standard InChI is InChI=1S/C17H21N5OS2/c1-2-22-16(12-7-4-3-5-8-12)19-20-17(22)25-11-14-18-15(21-23-14)13-9-6-10-24-13/h6,9-10,12H,2-5,7-8,11H2,1H3. The van der Waals surface area contributed by atoms with Crippen molar-refractivity contribution in [2.45, 2.75) is 62.4 Å². The molecule has 0 atom stereocenters. The number of aromatic nitrogens is 5. The van der Waals surface area contributed by atoms with Crippen molar-refractivity contribution < 1.29 is 4.52 Å². The zero-order valence-corrected chi connectivity index (χ0v) is 15.9. The van der Waals surface area contributed by atoms with Crippen molar-refractivity contribution >= 4 is 23.1 Å². The predicted molar refractivity (Wildman–Crippen MR) is 98.7 cm³/mol. The van der Waals surface area contributed by atoms with E-state index in [0.29, 0.717) is 23.4 Å². The summed E-state index contributed by atoms with van der Waals surface area (Å²) in [6.07, 6.45) is 6.42. The Morgan fingerprint density at radius 2 is 2.16 bits per heavy atom. The van der Waals surface area contributed by atoms with Gasteiger partial charge in [0, 0.05) is 12.5 Å². The average molecular weight is 376 g/mol. The fraction of sp³-hybridized carbons (Fsp3) is 0.529. The lowest BCUT2D eigenvalue weighted by molar-refractivity contribution is 0.391. The Morgan fingerprint density at radius 3 is 2.92 bits per heavy atom. The topological polar surface area (TPSA) is 69.6 Å². The van der Waals surface area contributed by atoms with Crippen molar-refractivity contribution in [1.29, 1.82) is 0 Å². The summed E-state index contributed by atoms with van der Waals surface area (Å²) < 4.78 is 7.62. The molecule has 0 spiro atoms. The smallest absolute Gasteiger partial charge is 0.237 e. The van der Waals surface area contributed by atoms with E-state index in [-0.39, 0.29) is 0 Å². The Labute approximate surface area is 155 Å². The van der Waals surface area contributed by atoms with Gasteiger partial charge in [0.2, 0.25) is 11.7 Å². The molecule has 0 unspecified atom stereocenters. The van der Waals surface area contributed by atoms with E-state index in [2.05, 4.69) is 31.8 Å². The first kappa shape index (κ1) is 16.8. The molecular weight excluding hydrogens is 354 g/mol. The summed E-state index contributed by atoms with van der Waals surface area (Å²) in [4.78, 5) is 5.50. The van der Waals surface area contributed by atoms with Gasteiger partial charge in [-0.15, -0.1) is 21.5 Å². The van der Waals surface area contributed by atoms with Gasteiger partial charge in [-0.05, 0) is 31.2 Å². The van der Waals surface area contributed by atoms with Gasteiger partial charge < -0.3 is 9.09 Å². The van der Waals surface area contributed by atoms with Crippen LogP contribution in [0.15, 0.2) is 27.2 Å². The Hall–Kier alpha value is -1.67. The van der Waals surface area contributed by atoms with Gasteiger partial charge in [0.15, 0.2) is 5.16 Å². The van der Waals surface area contributed by atoms with Crippen LogP contribution in [0.2, 0.25) is 0 Å². The van der Waals surface area contributed by atoms with Crippen LogP contribution in [0.4, 0.5) is 0 Å². The molecule has 0 bridgehead atoms. The van der Waals surface area contributed by atoms with E-state index < -0.39 is 0 Å². The van der Waals surface area contributed by atoms with Crippen LogP contribution in [0.3, 0.4) is 0 Å².